The number of amidine groups is 1. The summed E-state index contributed by atoms with van der Waals surface area (Å²) in [6, 6.07) is 4.34. The molecule has 0 heterocycles. The van der Waals surface area contributed by atoms with E-state index in [0.717, 1.165) is 6.42 Å². The predicted molar refractivity (Wildman–Crippen MR) is 111 cm³/mol. The van der Waals surface area contributed by atoms with Crippen LogP contribution < -0.4 is 16.5 Å². The van der Waals surface area contributed by atoms with Gasteiger partial charge in [0.25, 0.3) is 5.91 Å². The first-order chi connectivity index (χ1) is 12.7. The molecule has 7 N–H and O–H groups in total. The fraction of sp³-hybridized carbons (Fsp3) is 0.421. The minimum Gasteiger partial charge on any atom is -0.508 e. The van der Waals surface area contributed by atoms with Crippen molar-refractivity contribution in [2.24, 2.45) is 16.6 Å². The number of hydrogen-bond acceptors (Lipinski definition) is 5. The molecule has 0 fully saturated rings. The number of aliphatic hydroxyl groups is 1. The van der Waals surface area contributed by atoms with Crippen molar-refractivity contribution < 1.29 is 20.4 Å². The Kier molecular flexibility index (Phi) is 8.87. The Morgan fingerprint density at radius 2 is 2.07 bits per heavy atom. The van der Waals surface area contributed by atoms with Gasteiger partial charge in [-0.25, -0.2) is 4.99 Å². The van der Waals surface area contributed by atoms with E-state index in [2.05, 4.69) is 22.9 Å². The van der Waals surface area contributed by atoms with Crippen molar-refractivity contribution in [3.05, 3.63) is 29.5 Å². The number of nitrogens with zero attached hydrogens (tertiary/aromatic N) is 1. The predicted octanol–water partition coefficient (Wildman–Crippen LogP) is 1.64. The first kappa shape index (κ1) is 22.6. The summed E-state index contributed by atoms with van der Waals surface area (Å²) >= 11 is 4.24. The first-order valence-corrected chi connectivity index (χ1v) is 9.31. The number of thiol groups is 1. The number of carbonyl (C=O) groups excluding carboxylic acids is 1. The van der Waals surface area contributed by atoms with Crippen LogP contribution in [0.4, 0.5) is 5.69 Å². The molecule has 27 heavy (non-hydrogen) atoms. The lowest BCUT2D eigenvalue weighted by Gasteiger charge is -2.12. The average Bonchev–Trinajstić information content (AvgIpc) is 2.57. The van der Waals surface area contributed by atoms with E-state index in [-0.39, 0.29) is 28.6 Å². The molecular weight excluding hydrogens is 364 g/mol. The van der Waals surface area contributed by atoms with Crippen molar-refractivity contribution in [1.29, 1.82) is 0 Å². The molecule has 0 unspecified atom stereocenters. The average molecular weight is 394 g/mol. The van der Waals surface area contributed by atoms with Crippen LogP contribution in [0.5, 0.6) is 5.75 Å². The number of phenols is 1. The molecule has 1 aromatic rings. The smallest absolute Gasteiger partial charge is 0.259 e. The summed E-state index contributed by atoms with van der Waals surface area (Å²) in [7, 11) is 0. The van der Waals surface area contributed by atoms with Gasteiger partial charge in [-0.2, -0.15) is 0 Å². The van der Waals surface area contributed by atoms with Gasteiger partial charge in [-0.3, -0.25) is 10.2 Å². The van der Waals surface area contributed by atoms with Crippen LogP contribution in [0.1, 0.15) is 40.0 Å². The van der Waals surface area contributed by atoms with Gasteiger partial charge < -0.3 is 21.3 Å². The number of rotatable bonds is 9. The highest BCUT2D eigenvalue weighted by Gasteiger charge is 2.24. The quantitative estimate of drug-likeness (QED) is 0.125. The minimum atomic E-state index is -0.548. The third-order valence-electron chi connectivity index (χ3n) is 3.75. The van der Waals surface area contributed by atoms with E-state index in [9.17, 15) is 15.0 Å². The topological polar surface area (TPSA) is 134 Å². The summed E-state index contributed by atoms with van der Waals surface area (Å²) in [5.41, 5.74) is 6.37. The molecule has 1 aromatic carbocycles. The summed E-state index contributed by atoms with van der Waals surface area (Å²) in [6.07, 6.45) is 1.90. The monoisotopic (exact) mass is 393 g/mol. The number of carbonyl (C=O) groups is 1. The largest absolute Gasteiger partial charge is 0.508 e. The molecule has 0 aromatic heterocycles. The minimum absolute atomic E-state index is 0.0306. The number of nitrogens with two attached hydrogens (primary N) is 2. The maximum Gasteiger partial charge on any atom is 0.259 e. The SMILES string of the molecule is CCCC(=[NH2+])/C(O)=C(\C(=O)NCCC(C)C)C(N)=Nc1ccc(O)cc1S. The van der Waals surface area contributed by atoms with Gasteiger partial charge in [-0.15, -0.1) is 12.6 Å². The van der Waals surface area contributed by atoms with E-state index >= 15 is 0 Å². The van der Waals surface area contributed by atoms with Gasteiger partial charge in [0.05, 0.1) is 5.69 Å². The molecule has 1 amide bonds. The molecule has 0 aliphatic heterocycles. The number of aliphatic imine (C=N–C) groups is 1. The third-order valence-corrected chi connectivity index (χ3v) is 4.11. The van der Waals surface area contributed by atoms with Crippen molar-refractivity contribution in [3.8, 4) is 5.75 Å². The lowest BCUT2D eigenvalue weighted by Crippen LogP contribution is -2.43. The van der Waals surface area contributed by atoms with Gasteiger partial charge in [0.2, 0.25) is 5.71 Å². The van der Waals surface area contributed by atoms with Crippen molar-refractivity contribution in [3.63, 3.8) is 0 Å². The van der Waals surface area contributed by atoms with Crippen molar-refractivity contribution in [2.75, 3.05) is 6.54 Å². The van der Waals surface area contributed by atoms with E-state index < -0.39 is 5.91 Å². The van der Waals surface area contributed by atoms with E-state index in [4.69, 9.17) is 11.1 Å². The normalized spacial score (nSPS) is 12.7. The Balaban J connectivity index is 3.26. The van der Waals surface area contributed by atoms with Crippen LogP contribution >= 0.6 is 12.6 Å². The number of amides is 1. The number of aliphatic hydroxyl groups excluding tert-OH is 1. The summed E-state index contributed by atoms with van der Waals surface area (Å²) < 4.78 is 0. The van der Waals surface area contributed by atoms with E-state index in [1.807, 2.05) is 20.8 Å². The van der Waals surface area contributed by atoms with Gasteiger partial charge in [0.15, 0.2) is 5.76 Å². The molecule has 7 nitrogen and oxygen atoms in total. The Bertz CT molecular complexity index is 757. The number of allylic oxidation sites excluding steroid dienone is 1. The molecule has 148 valence electrons. The number of benzene rings is 1. The van der Waals surface area contributed by atoms with Gasteiger partial charge >= 0.3 is 0 Å². The Morgan fingerprint density at radius 3 is 2.63 bits per heavy atom. The van der Waals surface area contributed by atoms with Gasteiger partial charge in [0.1, 0.15) is 17.2 Å². The van der Waals surface area contributed by atoms with Crippen LogP contribution in [0.15, 0.2) is 39.4 Å². The molecule has 8 heteroatoms. The molecular formula is C19H29N4O3S+. The van der Waals surface area contributed by atoms with Crippen LogP contribution in [0, 0.1) is 5.92 Å². The third kappa shape index (κ3) is 6.97. The van der Waals surface area contributed by atoms with Crippen molar-refractivity contribution in [2.45, 2.75) is 44.9 Å². The van der Waals surface area contributed by atoms with Gasteiger partial charge in [-0.1, -0.05) is 20.8 Å². The second-order valence-electron chi connectivity index (χ2n) is 6.61. The Hall–Kier alpha value is -2.48. The summed E-state index contributed by atoms with van der Waals surface area (Å²) in [5, 5.41) is 28.6. The molecule has 0 spiro atoms. The van der Waals surface area contributed by atoms with E-state index in [1.54, 1.807) is 0 Å². The lowest BCUT2D eigenvalue weighted by atomic mass is 10.1. The highest BCUT2D eigenvalue weighted by Crippen LogP contribution is 2.27. The van der Waals surface area contributed by atoms with E-state index in [0.29, 0.717) is 35.9 Å². The van der Waals surface area contributed by atoms with Crippen LogP contribution in [0.3, 0.4) is 0 Å². The molecule has 0 bridgehead atoms. The standard InChI is InChI=1S/C19H28N4O3S/c1-4-5-13(20)17(25)16(19(26)22-9-8-11(2)3)18(21)23-14-7-6-12(24)10-15(14)27/h6-7,10-11,20,24-25,27H,4-5,8-9H2,1-3H3,(H2,21,23)(H,22,26)/p+1/b17-16+,20-13?. The van der Waals surface area contributed by atoms with Crippen molar-refractivity contribution >= 4 is 35.8 Å². The number of nitrogens with one attached hydrogen (secondary N) is 1. The van der Waals surface area contributed by atoms with Crippen LogP contribution in [-0.2, 0) is 4.79 Å². The number of phenolic OH excluding ortho intramolecular Hbond substituents is 1. The highest BCUT2D eigenvalue weighted by atomic mass is 32.1. The first-order valence-electron chi connectivity index (χ1n) is 8.86. The Labute approximate surface area is 165 Å². The molecule has 0 saturated carbocycles. The zero-order valence-corrected chi connectivity index (χ0v) is 16.9. The van der Waals surface area contributed by atoms with Crippen LogP contribution in [0.2, 0.25) is 0 Å². The maximum atomic E-state index is 12.6. The lowest BCUT2D eigenvalue weighted by molar-refractivity contribution is -0.120. The van der Waals surface area contributed by atoms with Gasteiger partial charge in [0, 0.05) is 17.9 Å². The molecule has 0 aliphatic rings. The molecule has 0 aliphatic carbocycles. The molecule has 0 atom stereocenters. The molecule has 1 rings (SSSR count). The van der Waals surface area contributed by atoms with Crippen LogP contribution in [0.25, 0.3) is 0 Å². The van der Waals surface area contributed by atoms with Crippen molar-refractivity contribution in [1.82, 2.24) is 5.32 Å². The molecule has 0 radical (unpaired) electrons. The number of hydrogen-bond donors (Lipinski definition) is 6. The van der Waals surface area contributed by atoms with Crippen LogP contribution in [-0.4, -0.2) is 34.2 Å². The van der Waals surface area contributed by atoms with E-state index in [1.165, 1.54) is 18.2 Å². The fourth-order valence-corrected chi connectivity index (χ4v) is 2.51. The summed E-state index contributed by atoms with van der Waals surface area (Å²) in [6.45, 7) is 6.43. The summed E-state index contributed by atoms with van der Waals surface area (Å²) in [4.78, 5) is 17.2. The Morgan fingerprint density at radius 1 is 1.41 bits per heavy atom. The highest BCUT2D eigenvalue weighted by molar-refractivity contribution is 7.80. The fourth-order valence-electron chi connectivity index (χ4n) is 2.25. The maximum absolute atomic E-state index is 12.6. The second kappa shape index (κ2) is 10.6. The van der Waals surface area contributed by atoms with Gasteiger partial charge in [-0.05, 0) is 37.0 Å². The zero-order valence-electron chi connectivity index (χ0n) is 16.0. The second-order valence-corrected chi connectivity index (χ2v) is 7.09. The molecule has 0 saturated heterocycles. The number of aromatic hydroxyl groups is 1. The summed E-state index contributed by atoms with van der Waals surface area (Å²) in [5.74, 6) is -0.664. The zero-order chi connectivity index (χ0) is 20.6.